The summed E-state index contributed by atoms with van der Waals surface area (Å²) in [7, 11) is -7.16. The predicted octanol–water partition coefficient (Wildman–Crippen LogP) is 3.20. The van der Waals surface area contributed by atoms with Crippen molar-refractivity contribution in [2.24, 2.45) is 0 Å². The Kier molecular flexibility index (Phi) is 5.98. The fraction of sp³-hybridized carbons (Fsp3) is 0.143. The van der Waals surface area contributed by atoms with E-state index >= 15 is 0 Å². The molecule has 0 radical (unpaired) electrons. The lowest BCUT2D eigenvalue weighted by Crippen LogP contribution is -2.29. The summed E-state index contributed by atoms with van der Waals surface area (Å²) in [5.41, 5.74) is 2.01. The first-order valence-corrected chi connectivity index (χ1v) is 12.0. The van der Waals surface area contributed by atoms with Gasteiger partial charge in [-0.15, -0.1) is 0 Å². The fourth-order valence-electron chi connectivity index (χ4n) is 2.94. The van der Waals surface area contributed by atoms with E-state index in [2.05, 4.69) is 4.72 Å². The average molecular weight is 416 g/mol. The molecule has 0 bridgehead atoms. The van der Waals surface area contributed by atoms with E-state index in [4.69, 9.17) is 0 Å². The molecule has 0 aliphatic carbocycles. The van der Waals surface area contributed by atoms with Gasteiger partial charge in [0.15, 0.2) is 9.84 Å². The molecule has 3 rings (SSSR count). The molecule has 0 aromatic heterocycles. The van der Waals surface area contributed by atoms with Crippen LogP contribution >= 0.6 is 0 Å². The highest BCUT2D eigenvalue weighted by molar-refractivity contribution is 7.90. The van der Waals surface area contributed by atoms with Crippen LogP contribution in [-0.2, 0) is 19.9 Å². The molecule has 0 fully saturated rings. The van der Waals surface area contributed by atoms with Crippen LogP contribution in [0.5, 0.6) is 0 Å². The maximum Gasteiger partial charge on any atom is 0.240 e. The van der Waals surface area contributed by atoms with Gasteiger partial charge >= 0.3 is 0 Å². The van der Waals surface area contributed by atoms with Crippen molar-refractivity contribution in [2.75, 3.05) is 12.8 Å². The first kappa shape index (κ1) is 20.3. The highest BCUT2D eigenvalue weighted by atomic mass is 32.2. The van der Waals surface area contributed by atoms with Gasteiger partial charge in [0.1, 0.15) is 0 Å². The van der Waals surface area contributed by atoms with Gasteiger partial charge < -0.3 is 0 Å². The van der Waals surface area contributed by atoms with E-state index in [0.717, 1.165) is 17.4 Å². The number of sulfone groups is 1. The van der Waals surface area contributed by atoms with Crippen LogP contribution < -0.4 is 4.72 Å². The number of benzene rings is 3. The van der Waals surface area contributed by atoms with E-state index < -0.39 is 19.9 Å². The van der Waals surface area contributed by atoms with Crippen molar-refractivity contribution < 1.29 is 16.8 Å². The summed E-state index contributed by atoms with van der Waals surface area (Å²) in [5.74, 6) is -0.146. The Morgan fingerprint density at radius 3 is 1.54 bits per heavy atom. The van der Waals surface area contributed by atoms with Crippen LogP contribution in [0.25, 0.3) is 0 Å². The van der Waals surface area contributed by atoms with Gasteiger partial charge in [0, 0.05) is 18.7 Å². The Bertz CT molecular complexity index is 1090. The Labute approximate surface area is 166 Å². The van der Waals surface area contributed by atoms with Gasteiger partial charge in [0.05, 0.1) is 9.79 Å². The summed E-state index contributed by atoms with van der Waals surface area (Å²) in [6.07, 6.45) is 1.08. The molecule has 0 saturated heterocycles. The number of rotatable bonds is 7. The lowest BCUT2D eigenvalue weighted by molar-refractivity contribution is 0.577. The van der Waals surface area contributed by atoms with Gasteiger partial charge in [-0.05, 0) is 35.4 Å². The van der Waals surface area contributed by atoms with Gasteiger partial charge in [0.25, 0.3) is 0 Å². The highest BCUT2D eigenvalue weighted by Crippen LogP contribution is 2.24. The first-order chi connectivity index (χ1) is 13.3. The smallest absolute Gasteiger partial charge is 0.224 e. The van der Waals surface area contributed by atoms with Gasteiger partial charge in [-0.1, -0.05) is 60.7 Å². The molecule has 3 aromatic carbocycles. The molecule has 0 spiro atoms. The maximum atomic E-state index is 12.7. The third-order valence-electron chi connectivity index (χ3n) is 4.44. The van der Waals surface area contributed by atoms with Crippen LogP contribution in [0.2, 0.25) is 0 Å². The summed E-state index contributed by atoms with van der Waals surface area (Å²) in [4.78, 5) is 0.109. The third kappa shape index (κ3) is 4.86. The third-order valence-corrected chi connectivity index (χ3v) is 7.01. The van der Waals surface area contributed by atoms with Crippen molar-refractivity contribution in [1.82, 2.24) is 4.72 Å². The topological polar surface area (TPSA) is 80.3 Å². The molecule has 0 amide bonds. The van der Waals surface area contributed by atoms with Crippen molar-refractivity contribution in [3.8, 4) is 0 Å². The van der Waals surface area contributed by atoms with Gasteiger partial charge in [-0.25, -0.2) is 21.6 Å². The van der Waals surface area contributed by atoms with Gasteiger partial charge in [-0.2, -0.15) is 0 Å². The largest absolute Gasteiger partial charge is 0.240 e. The molecule has 1 N–H and O–H groups in total. The number of hydrogen-bond acceptors (Lipinski definition) is 4. The molecule has 5 nitrogen and oxygen atoms in total. The molecular weight excluding hydrogens is 394 g/mol. The van der Waals surface area contributed by atoms with E-state index in [1.165, 1.54) is 24.3 Å². The molecule has 28 heavy (non-hydrogen) atoms. The van der Waals surface area contributed by atoms with E-state index in [1.54, 1.807) is 0 Å². The van der Waals surface area contributed by atoms with E-state index in [9.17, 15) is 16.8 Å². The second-order valence-corrected chi connectivity index (χ2v) is 10.3. The van der Waals surface area contributed by atoms with Crippen LogP contribution in [0, 0.1) is 0 Å². The molecule has 7 heteroatoms. The van der Waals surface area contributed by atoms with Crippen LogP contribution in [-0.4, -0.2) is 29.6 Å². The molecule has 3 aromatic rings. The summed E-state index contributed by atoms with van der Waals surface area (Å²) < 4.78 is 51.2. The molecule has 0 atom stereocenters. The van der Waals surface area contributed by atoms with Crippen molar-refractivity contribution in [3.05, 3.63) is 96.1 Å². The quantitative estimate of drug-likeness (QED) is 0.643. The number of sulfonamides is 1. The molecule has 0 aliphatic rings. The Hall–Kier alpha value is -2.48. The van der Waals surface area contributed by atoms with Gasteiger partial charge in [0.2, 0.25) is 10.0 Å². The highest BCUT2D eigenvalue weighted by Gasteiger charge is 2.20. The zero-order valence-corrected chi connectivity index (χ0v) is 16.9. The van der Waals surface area contributed by atoms with Crippen LogP contribution in [0.4, 0.5) is 0 Å². The van der Waals surface area contributed by atoms with E-state index in [0.29, 0.717) is 0 Å². The van der Waals surface area contributed by atoms with Crippen molar-refractivity contribution in [1.29, 1.82) is 0 Å². The Balaban J connectivity index is 1.84. The lowest BCUT2D eigenvalue weighted by atomic mass is 9.92. The molecule has 146 valence electrons. The zero-order chi connectivity index (χ0) is 20.2. The molecule has 0 unspecified atom stereocenters. The fourth-order valence-corrected chi connectivity index (χ4v) is 4.62. The maximum absolute atomic E-state index is 12.7. The number of hydrogen-bond donors (Lipinski definition) is 1. The second kappa shape index (κ2) is 8.26. The van der Waals surface area contributed by atoms with Crippen molar-refractivity contribution in [2.45, 2.75) is 15.7 Å². The lowest BCUT2D eigenvalue weighted by Gasteiger charge is -2.19. The molecule has 0 saturated carbocycles. The number of nitrogens with one attached hydrogen (secondary N) is 1. The SMILES string of the molecule is CS(=O)(=O)c1ccc(S(=O)(=O)NCC(c2ccccc2)c2ccccc2)cc1. The van der Waals surface area contributed by atoms with Crippen molar-refractivity contribution in [3.63, 3.8) is 0 Å². The minimum absolute atomic E-state index is 0.0276. The normalized spacial score (nSPS) is 12.2. The molecular formula is C21H21NO4S2. The Morgan fingerprint density at radius 2 is 1.11 bits per heavy atom. The first-order valence-electron chi connectivity index (χ1n) is 8.67. The second-order valence-electron chi connectivity index (χ2n) is 6.47. The minimum atomic E-state index is -3.78. The standard InChI is InChI=1S/C21H21NO4S2/c1-27(23,24)19-12-14-20(15-13-19)28(25,26)22-16-21(17-8-4-2-5-9-17)18-10-6-3-7-11-18/h2-15,21-22H,16H2,1H3. The zero-order valence-electron chi connectivity index (χ0n) is 15.3. The summed E-state index contributed by atoms with van der Waals surface area (Å²) >= 11 is 0. The monoisotopic (exact) mass is 415 g/mol. The van der Waals surface area contributed by atoms with Crippen LogP contribution in [0.15, 0.2) is 94.7 Å². The molecule has 0 heterocycles. The van der Waals surface area contributed by atoms with Gasteiger partial charge in [-0.3, -0.25) is 0 Å². The summed E-state index contributed by atoms with van der Waals surface area (Å²) in [6.45, 7) is 0.185. The van der Waals surface area contributed by atoms with Crippen LogP contribution in [0.1, 0.15) is 17.0 Å². The van der Waals surface area contributed by atoms with Crippen LogP contribution in [0.3, 0.4) is 0 Å². The van der Waals surface area contributed by atoms with Crippen molar-refractivity contribution >= 4 is 19.9 Å². The molecule has 0 aliphatic heterocycles. The minimum Gasteiger partial charge on any atom is -0.224 e. The summed E-state index contributed by atoms with van der Waals surface area (Å²) in [5, 5.41) is 0. The Morgan fingerprint density at radius 1 is 0.679 bits per heavy atom. The average Bonchev–Trinajstić information content (AvgIpc) is 2.69. The summed E-state index contributed by atoms with van der Waals surface area (Å²) in [6, 6.07) is 24.6. The predicted molar refractivity (Wildman–Crippen MR) is 109 cm³/mol. The van der Waals surface area contributed by atoms with E-state index in [1.807, 2.05) is 60.7 Å². The van der Waals surface area contributed by atoms with E-state index in [-0.39, 0.29) is 22.3 Å².